The molecular formula is C26H32F5N7O2. The summed E-state index contributed by atoms with van der Waals surface area (Å²) >= 11 is 0. The molecule has 2 heterocycles. The van der Waals surface area contributed by atoms with Crippen LogP contribution in [0.25, 0.3) is 11.0 Å². The first-order valence-electron chi connectivity index (χ1n) is 13.2. The SMILES string of the molecule is CC(C)n1ncnc1C(=O)N[C@H](c1nc2cc([C@@H](C)NC(=O)CCC(F)(F)F)ccc2[nH]1)C1CCC(F)(F)CC1. The van der Waals surface area contributed by atoms with Crippen LogP contribution in [0.2, 0.25) is 0 Å². The van der Waals surface area contributed by atoms with Gasteiger partial charge in [0.15, 0.2) is 0 Å². The quantitative estimate of drug-likeness (QED) is 0.292. The third kappa shape index (κ3) is 7.13. The Morgan fingerprint density at radius 2 is 1.85 bits per heavy atom. The number of nitrogens with one attached hydrogen (secondary N) is 3. The van der Waals surface area contributed by atoms with Crippen LogP contribution in [0.5, 0.6) is 0 Å². The van der Waals surface area contributed by atoms with Crippen LogP contribution in [0.1, 0.15) is 99.4 Å². The van der Waals surface area contributed by atoms with Gasteiger partial charge in [0.2, 0.25) is 17.7 Å². The number of alkyl halides is 5. The molecule has 3 N–H and O–H groups in total. The predicted molar refractivity (Wildman–Crippen MR) is 135 cm³/mol. The first kappa shape index (κ1) is 29.4. The molecule has 40 heavy (non-hydrogen) atoms. The molecule has 2 atom stereocenters. The number of carbonyl (C=O) groups excluding carboxylic acids is 2. The topological polar surface area (TPSA) is 118 Å². The minimum Gasteiger partial charge on any atom is -0.350 e. The predicted octanol–water partition coefficient (Wildman–Crippen LogP) is 5.55. The molecular weight excluding hydrogens is 537 g/mol. The maximum Gasteiger partial charge on any atom is 0.389 e. The van der Waals surface area contributed by atoms with Crippen LogP contribution >= 0.6 is 0 Å². The summed E-state index contributed by atoms with van der Waals surface area (Å²) in [5.74, 6) is -3.83. The molecule has 0 aliphatic heterocycles. The fraction of sp³-hybridized carbons (Fsp3) is 0.577. The van der Waals surface area contributed by atoms with E-state index in [0.717, 1.165) is 0 Å². The summed E-state index contributed by atoms with van der Waals surface area (Å²) in [4.78, 5) is 37.1. The summed E-state index contributed by atoms with van der Waals surface area (Å²) in [6, 6.07) is 3.69. The molecule has 9 nitrogen and oxygen atoms in total. The van der Waals surface area contributed by atoms with Crippen molar-refractivity contribution in [2.24, 2.45) is 5.92 Å². The highest BCUT2D eigenvalue weighted by atomic mass is 19.4. The molecule has 1 fully saturated rings. The van der Waals surface area contributed by atoms with E-state index in [1.165, 1.54) is 11.0 Å². The highest BCUT2D eigenvalue weighted by molar-refractivity contribution is 5.91. The molecule has 3 aromatic rings. The van der Waals surface area contributed by atoms with Gasteiger partial charge in [0, 0.05) is 25.3 Å². The Balaban J connectivity index is 1.57. The van der Waals surface area contributed by atoms with Crippen molar-refractivity contribution in [3.05, 3.63) is 41.7 Å². The third-order valence-electron chi connectivity index (χ3n) is 7.12. The summed E-state index contributed by atoms with van der Waals surface area (Å²) in [6.07, 6.45) is -5.27. The van der Waals surface area contributed by atoms with Crippen LogP contribution in [0.15, 0.2) is 24.5 Å². The molecule has 1 aliphatic carbocycles. The third-order valence-corrected chi connectivity index (χ3v) is 7.12. The maximum absolute atomic E-state index is 13.9. The number of halogens is 5. The van der Waals surface area contributed by atoms with Gasteiger partial charge < -0.3 is 15.6 Å². The Labute approximate surface area is 227 Å². The number of carbonyl (C=O) groups is 2. The van der Waals surface area contributed by atoms with Crippen LogP contribution < -0.4 is 10.6 Å². The van der Waals surface area contributed by atoms with Crippen LogP contribution in [-0.2, 0) is 4.79 Å². The Bertz CT molecular complexity index is 1340. The number of hydrogen-bond acceptors (Lipinski definition) is 5. The van der Waals surface area contributed by atoms with E-state index in [-0.39, 0.29) is 43.5 Å². The van der Waals surface area contributed by atoms with E-state index in [1.54, 1.807) is 25.1 Å². The lowest BCUT2D eigenvalue weighted by molar-refractivity contribution is -0.144. The van der Waals surface area contributed by atoms with E-state index in [0.29, 0.717) is 22.4 Å². The van der Waals surface area contributed by atoms with Gasteiger partial charge in [-0.05, 0) is 57.2 Å². The number of H-pyrrole nitrogens is 1. The number of aromatic nitrogens is 5. The van der Waals surface area contributed by atoms with Gasteiger partial charge in [-0.2, -0.15) is 18.3 Å². The van der Waals surface area contributed by atoms with Crippen molar-refractivity contribution >= 4 is 22.8 Å². The van der Waals surface area contributed by atoms with E-state index in [1.807, 2.05) is 13.8 Å². The van der Waals surface area contributed by atoms with Crippen LogP contribution in [0, 0.1) is 5.92 Å². The number of aromatic amines is 1. The Morgan fingerprint density at radius 1 is 1.15 bits per heavy atom. The van der Waals surface area contributed by atoms with Crippen molar-refractivity contribution < 1.29 is 31.5 Å². The monoisotopic (exact) mass is 569 g/mol. The Kier molecular flexibility index (Phi) is 8.45. The standard InChI is InChI=1S/C26H32F5N7O2/c1-14(2)38-23(32-13-33-38)24(40)37-21(16-6-9-25(27,28)10-7-16)22-35-18-5-4-17(12-19(18)36-22)15(3)34-20(39)8-11-26(29,30)31/h4-5,12-16,21H,6-11H2,1-3H3,(H,34,39)(H,35,36)(H,37,40)/t15-,21+/m1/s1. The zero-order valence-electron chi connectivity index (χ0n) is 22.4. The summed E-state index contributed by atoms with van der Waals surface area (Å²) in [7, 11) is 0. The number of fused-ring (bicyclic) bond motifs is 1. The molecule has 2 amide bonds. The molecule has 218 valence electrons. The largest absolute Gasteiger partial charge is 0.389 e. The van der Waals surface area contributed by atoms with Gasteiger partial charge in [-0.3, -0.25) is 9.59 Å². The van der Waals surface area contributed by atoms with Gasteiger partial charge in [-0.25, -0.2) is 23.4 Å². The van der Waals surface area contributed by atoms with E-state index in [9.17, 15) is 31.5 Å². The summed E-state index contributed by atoms with van der Waals surface area (Å²) in [5.41, 5.74) is 1.73. The second kappa shape index (κ2) is 11.5. The molecule has 14 heteroatoms. The van der Waals surface area contributed by atoms with Crippen LogP contribution in [-0.4, -0.2) is 48.6 Å². The second-order valence-corrected chi connectivity index (χ2v) is 10.6. The van der Waals surface area contributed by atoms with Gasteiger partial charge in [0.25, 0.3) is 5.91 Å². The van der Waals surface area contributed by atoms with E-state index >= 15 is 0 Å². The van der Waals surface area contributed by atoms with Crippen molar-refractivity contribution in [1.29, 1.82) is 0 Å². The first-order valence-corrected chi connectivity index (χ1v) is 13.2. The number of nitrogens with zero attached hydrogens (tertiary/aromatic N) is 4. The zero-order chi connectivity index (χ0) is 29.2. The summed E-state index contributed by atoms with van der Waals surface area (Å²) in [5, 5.41) is 9.58. The molecule has 0 bridgehead atoms. The zero-order valence-corrected chi connectivity index (χ0v) is 22.4. The molecule has 0 radical (unpaired) electrons. The number of hydrogen-bond donors (Lipinski definition) is 3. The first-order chi connectivity index (χ1) is 18.7. The van der Waals surface area contributed by atoms with Crippen LogP contribution in [0.3, 0.4) is 0 Å². The second-order valence-electron chi connectivity index (χ2n) is 10.6. The lowest BCUT2D eigenvalue weighted by atomic mass is 9.81. The van der Waals surface area contributed by atoms with Crippen molar-refractivity contribution in [2.45, 2.75) is 89.5 Å². The molecule has 0 unspecified atom stereocenters. The highest BCUT2D eigenvalue weighted by Gasteiger charge is 2.40. The maximum atomic E-state index is 13.9. The average molecular weight is 570 g/mol. The normalized spacial score (nSPS) is 17.6. The summed E-state index contributed by atoms with van der Waals surface area (Å²) in [6.45, 7) is 5.35. The number of benzene rings is 1. The van der Waals surface area contributed by atoms with Crippen molar-refractivity contribution in [2.75, 3.05) is 0 Å². The van der Waals surface area contributed by atoms with Crippen molar-refractivity contribution in [1.82, 2.24) is 35.4 Å². The number of rotatable bonds is 9. The molecule has 4 rings (SSSR count). The molecule has 0 saturated heterocycles. The van der Waals surface area contributed by atoms with Gasteiger partial charge in [-0.1, -0.05) is 6.07 Å². The van der Waals surface area contributed by atoms with E-state index in [4.69, 9.17) is 0 Å². The van der Waals surface area contributed by atoms with Crippen LogP contribution in [0.4, 0.5) is 22.0 Å². The molecule has 1 aliphatic rings. The van der Waals surface area contributed by atoms with Crippen molar-refractivity contribution in [3.8, 4) is 0 Å². The molecule has 0 spiro atoms. The Hall–Kier alpha value is -3.58. The molecule has 1 saturated carbocycles. The van der Waals surface area contributed by atoms with Crippen molar-refractivity contribution in [3.63, 3.8) is 0 Å². The average Bonchev–Trinajstić information content (AvgIpc) is 3.53. The smallest absolute Gasteiger partial charge is 0.350 e. The molecule has 2 aromatic heterocycles. The van der Waals surface area contributed by atoms with Gasteiger partial charge in [-0.15, -0.1) is 0 Å². The lowest BCUT2D eigenvalue weighted by Gasteiger charge is -2.33. The highest BCUT2D eigenvalue weighted by Crippen LogP contribution is 2.41. The number of imidazole rings is 1. The Morgan fingerprint density at radius 3 is 2.50 bits per heavy atom. The molecule has 1 aromatic carbocycles. The summed E-state index contributed by atoms with van der Waals surface area (Å²) < 4.78 is 66.7. The minimum absolute atomic E-state index is 0.0922. The van der Waals surface area contributed by atoms with Gasteiger partial charge in [0.1, 0.15) is 12.2 Å². The fourth-order valence-electron chi connectivity index (χ4n) is 4.91. The van der Waals surface area contributed by atoms with E-state index in [2.05, 4.69) is 30.7 Å². The fourth-order valence-corrected chi connectivity index (χ4v) is 4.91. The van der Waals surface area contributed by atoms with E-state index < -0.39 is 48.8 Å². The van der Waals surface area contributed by atoms with Gasteiger partial charge in [0.05, 0.1) is 29.5 Å². The lowest BCUT2D eigenvalue weighted by Crippen LogP contribution is -2.38. The number of amides is 2. The minimum atomic E-state index is -4.42. The van der Waals surface area contributed by atoms with Gasteiger partial charge >= 0.3 is 6.18 Å².